The van der Waals surface area contributed by atoms with Crippen molar-refractivity contribution in [2.75, 3.05) is 36.1 Å². The molecule has 3 aromatic rings. The molecule has 0 unspecified atom stereocenters. The van der Waals surface area contributed by atoms with E-state index in [0.29, 0.717) is 44.5 Å². The average Bonchev–Trinajstić information content (AvgIpc) is 3.24. The topological polar surface area (TPSA) is 77.0 Å². The predicted molar refractivity (Wildman–Crippen MR) is 165 cm³/mol. The maximum Gasteiger partial charge on any atom is 0.416 e. The van der Waals surface area contributed by atoms with Gasteiger partial charge in [-0.05, 0) is 29.3 Å². The fourth-order valence-corrected chi connectivity index (χ4v) is 10.8. The Labute approximate surface area is 248 Å². The Balaban J connectivity index is 1.40. The van der Waals surface area contributed by atoms with Crippen LogP contribution < -0.4 is 20.2 Å². The van der Waals surface area contributed by atoms with Crippen LogP contribution in [0.15, 0.2) is 66.7 Å². The van der Waals surface area contributed by atoms with E-state index in [2.05, 4.69) is 81.2 Å². The van der Waals surface area contributed by atoms with Gasteiger partial charge in [-0.25, -0.2) is 9.78 Å². The number of carbonyl (C=O) groups is 1. The SMILES string of the molecule is C[C@@H](C[C@@H]1OC(=O)N(c2cc(Cl)nc(N3CCOCC3)n2)[C@H]1C)O[Si](c1ccccc1)(c1ccccc1)C(C)(C)C. The van der Waals surface area contributed by atoms with Gasteiger partial charge in [0.05, 0.1) is 19.3 Å². The molecule has 3 atom stereocenters. The summed E-state index contributed by atoms with van der Waals surface area (Å²) in [6.45, 7) is 13.4. The first-order chi connectivity index (χ1) is 19.6. The Morgan fingerprint density at radius 1 is 1.02 bits per heavy atom. The van der Waals surface area contributed by atoms with Crippen LogP contribution in [0.1, 0.15) is 41.0 Å². The molecule has 2 aliphatic heterocycles. The van der Waals surface area contributed by atoms with Gasteiger partial charge in [-0.2, -0.15) is 4.98 Å². The van der Waals surface area contributed by atoms with E-state index in [1.165, 1.54) is 10.4 Å². The summed E-state index contributed by atoms with van der Waals surface area (Å²) in [6, 6.07) is 22.5. The Bertz CT molecular complexity index is 1300. The zero-order valence-corrected chi connectivity index (χ0v) is 26.2. The van der Waals surface area contributed by atoms with Gasteiger partial charge in [-0.1, -0.05) is 93.0 Å². The molecule has 2 aliphatic rings. The molecule has 10 heteroatoms. The predicted octanol–water partition coefficient (Wildman–Crippen LogP) is 5.04. The summed E-state index contributed by atoms with van der Waals surface area (Å²) in [5.41, 5.74) is 0. The molecule has 0 aliphatic carbocycles. The maximum absolute atomic E-state index is 13.2. The van der Waals surface area contributed by atoms with Crippen molar-refractivity contribution in [2.45, 2.75) is 64.3 Å². The summed E-state index contributed by atoms with van der Waals surface area (Å²) in [5.74, 6) is 0.926. The molecule has 0 saturated carbocycles. The number of morpholine rings is 1. The average molecular weight is 595 g/mol. The minimum absolute atomic E-state index is 0.151. The summed E-state index contributed by atoms with van der Waals surface area (Å²) >= 11 is 6.39. The zero-order valence-electron chi connectivity index (χ0n) is 24.4. The summed E-state index contributed by atoms with van der Waals surface area (Å²) in [4.78, 5) is 25.9. The normalized spacial score (nSPS) is 20.7. The fourth-order valence-electron chi connectivity index (χ4n) is 5.96. The number of ether oxygens (including phenoxy) is 2. The monoisotopic (exact) mass is 594 g/mol. The number of anilines is 2. The second-order valence-corrected chi connectivity index (χ2v) is 16.4. The van der Waals surface area contributed by atoms with Crippen LogP contribution in [0.4, 0.5) is 16.6 Å². The van der Waals surface area contributed by atoms with Crippen molar-refractivity contribution >= 4 is 48.2 Å². The number of benzene rings is 2. The van der Waals surface area contributed by atoms with Crippen molar-refractivity contribution in [3.63, 3.8) is 0 Å². The van der Waals surface area contributed by atoms with E-state index in [4.69, 9.17) is 30.5 Å². The van der Waals surface area contributed by atoms with Crippen LogP contribution in [0.25, 0.3) is 0 Å². The molecule has 3 heterocycles. The molecule has 1 amide bonds. The molecule has 0 radical (unpaired) electrons. The first-order valence-electron chi connectivity index (χ1n) is 14.3. The summed E-state index contributed by atoms with van der Waals surface area (Å²) < 4.78 is 18.6. The largest absolute Gasteiger partial charge is 0.443 e. The number of hydrogen-bond acceptors (Lipinski definition) is 7. The smallest absolute Gasteiger partial charge is 0.416 e. The van der Waals surface area contributed by atoms with E-state index in [-0.39, 0.29) is 28.4 Å². The second kappa shape index (κ2) is 12.1. The van der Waals surface area contributed by atoms with E-state index in [9.17, 15) is 4.79 Å². The highest BCUT2D eigenvalue weighted by atomic mass is 35.5. The zero-order chi connectivity index (χ0) is 29.2. The van der Waals surface area contributed by atoms with Crippen molar-refractivity contribution in [3.8, 4) is 0 Å². The molecule has 2 aromatic carbocycles. The number of halogens is 1. The summed E-state index contributed by atoms with van der Waals surface area (Å²) in [6.07, 6.45) is -0.457. The summed E-state index contributed by atoms with van der Waals surface area (Å²) in [5, 5.41) is 2.56. The lowest BCUT2D eigenvalue weighted by molar-refractivity contribution is 0.0890. The third kappa shape index (κ3) is 5.99. The number of amides is 1. The maximum atomic E-state index is 13.2. The Hall–Kier alpha value is -2.98. The lowest BCUT2D eigenvalue weighted by Gasteiger charge is -2.45. The highest BCUT2D eigenvalue weighted by molar-refractivity contribution is 6.99. The number of nitrogens with zero attached hydrogens (tertiary/aromatic N) is 4. The van der Waals surface area contributed by atoms with Gasteiger partial charge in [0.25, 0.3) is 8.32 Å². The Kier molecular flexibility index (Phi) is 8.70. The van der Waals surface area contributed by atoms with Crippen molar-refractivity contribution < 1.29 is 18.7 Å². The molecule has 2 fully saturated rings. The molecule has 5 rings (SSSR count). The van der Waals surface area contributed by atoms with E-state index >= 15 is 0 Å². The van der Waals surface area contributed by atoms with Crippen LogP contribution in [0.2, 0.25) is 10.2 Å². The fraction of sp³-hybridized carbons (Fsp3) is 0.452. The van der Waals surface area contributed by atoms with Gasteiger partial charge < -0.3 is 18.8 Å². The lowest BCUT2D eigenvalue weighted by Crippen LogP contribution is -2.67. The third-order valence-corrected chi connectivity index (χ3v) is 13.3. The molecule has 8 nitrogen and oxygen atoms in total. The first-order valence-corrected chi connectivity index (χ1v) is 16.5. The molecule has 1 aromatic heterocycles. The number of rotatable bonds is 8. The van der Waals surface area contributed by atoms with Gasteiger partial charge in [0.1, 0.15) is 17.1 Å². The van der Waals surface area contributed by atoms with Crippen LogP contribution in [0, 0.1) is 0 Å². The molecular weight excluding hydrogens is 556 g/mol. The minimum atomic E-state index is -2.75. The number of aromatic nitrogens is 2. The molecule has 218 valence electrons. The van der Waals surface area contributed by atoms with Crippen LogP contribution in [-0.4, -0.2) is 68.9 Å². The molecule has 41 heavy (non-hydrogen) atoms. The minimum Gasteiger partial charge on any atom is -0.443 e. The van der Waals surface area contributed by atoms with Crippen LogP contribution >= 0.6 is 11.6 Å². The molecular formula is C31H39ClN4O4Si. The van der Waals surface area contributed by atoms with E-state index in [1.807, 2.05) is 24.0 Å². The van der Waals surface area contributed by atoms with Crippen molar-refractivity contribution in [1.29, 1.82) is 0 Å². The van der Waals surface area contributed by atoms with Crippen molar-refractivity contribution in [2.24, 2.45) is 0 Å². The number of carbonyl (C=O) groups excluding carboxylic acids is 1. The second-order valence-electron chi connectivity index (χ2n) is 11.8. The number of cyclic esters (lactones) is 1. The molecule has 0 bridgehead atoms. The van der Waals surface area contributed by atoms with Crippen molar-refractivity contribution in [1.82, 2.24) is 9.97 Å². The van der Waals surface area contributed by atoms with Gasteiger partial charge in [-0.15, -0.1) is 0 Å². The van der Waals surface area contributed by atoms with Gasteiger partial charge in [0.15, 0.2) is 0 Å². The lowest BCUT2D eigenvalue weighted by atomic mass is 10.1. The van der Waals surface area contributed by atoms with Gasteiger partial charge in [-0.3, -0.25) is 4.90 Å². The molecule has 2 saturated heterocycles. The van der Waals surface area contributed by atoms with Crippen LogP contribution in [-0.2, 0) is 13.9 Å². The van der Waals surface area contributed by atoms with Crippen LogP contribution in [0.3, 0.4) is 0 Å². The molecule has 0 N–H and O–H groups in total. The quantitative estimate of drug-likeness (QED) is 0.267. The third-order valence-electron chi connectivity index (χ3n) is 7.96. The van der Waals surface area contributed by atoms with Gasteiger partial charge in [0.2, 0.25) is 5.95 Å². The van der Waals surface area contributed by atoms with Gasteiger partial charge in [0, 0.05) is 31.7 Å². The van der Waals surface area contributed by atoms with Crippen molar-refractivity contribution in [3.05, 3.63) is 71.9 Å². The molecule has 0 spiro atoms. The van der Waals surface area contributed by atoms with Gasteiger partial charge >= 0.3 is 6.09 Å². The summed E-state index contributed by atoms with van der Waals surface area (Å²) in [7, 11) is -2.75. The number of hydrogen-bond donors (Lipinski definition) is 0. The Morgan fingerprint density at radius 3 is 2.17 bits per heavy atom. The van der Waals surface area contributed by atoms with E-state index in [1.54, 1.807) is 11.0 Å². The van der Waals surface area contributed by atoms with E-state index < -0.39 is 14.4 Å². The Morgan fingerprint density at radius 2 is 1.61 bits per heavy atom. The first kappa shape index (κ1) is 29.5. The standard InChI is InChI=1S/C31H39ClN4O4Si/c1-22(40-41(31(3,4)5,24-12-8-6-9-13-24)25-14-10-7-11-15-25)20-26-23(2)36(30(37)39-26)28-21-27(32)33-29(34-28)35-16-18-38-19-17-35/h6-15,21-23,26H,16-20H2,1-5H3/t22-,23-,26-/m0/s1. The highest BCUT2D eigenvalue weighted by Crippen LogP contribution is 2.39. The van der Waals surface area contributed by atoms with Crippen LogP contribution in [0.5, 0.6) is 0 Å². The highest BCUT2D eigenvalue weighted by Gasteiger charge is 2.52. The van der Waals surface area contributed by atoms with E-state index in [0.717, 1.165) is 0 Å².